The number of fused-ring (bicyclic) bond motifs is 3. The second kappa shape index (κ2) is 10.3. The summed E-state index contributed by atoms with van der Waals surface area (Å²) in [6, 6.07) is 1.57. The van der Waals surface area contributed by atoms with E-state index in [1.807, 2.05) is 6.92 Å². The summed E-state index contributed by atoms with van der Waals surface area (Å²) in [5.74, 6) is -7.42. The molecule has 1 aromatic carbocycles. The first-order chi connectivity index (χ1) is 18.3. The first kappa shape index (κ1) is 28.1. The van der Waals surface area contributed by atoms with Crippen molar-refractivity contribution in [3.63, 3.8) is 0 Å². The highest BCUT2D eigenvalue weighted by molar-refractivity contribution is 6.24. The largest absolute Gasteiger partial charge is 0.511 e. The Hall–Kier alpha value is -3.90. The lowest BCUT2D eigenvalue weighted by molar-refractivity contribution is -0.144. The minimum absolute atomic E-state index is 0.00311. The van der Waals surface area contributed by atoms with Crippen LogP contribution in [0.5, 0.6) is 5.75 Å². The van der Waals surface area contributed by atoms with E-state index in [0.29, 0.717) is 17.8 Å². The van der Waals surface area contributed by atoms with E-state index in [1.165, 1.54) is 0 Å². The SMILES string of the molecule is CCCCNCC(=O)Nc1cc(N(C)C)c2c(c1O)C(=O)C1=C(O)[C@]3(O)C(=O)C(C(N)=O)=C(O)C[C@@H]3CC1C2. The molecule has 0 saturated heterocycles. The van der Waals surface area contributed by atoms with Crippen LogP contribution in [0.4, 0.5) is 11.4 Å². The summed E-state index contributed by atoms with van der Waals surface area (Å²) < 4.78 is 0. The van der Waals surface area contributed by atoms with Gasteiger partial charge in [-0.1, -0.05) is 13.3 Å². The number of nitrogens with zero attached hydrogens (tertiary/aromatic N) is 1. The van der Waals surface area contributed by atoms with Crippen LogP contribution >= 0.6 is 0 Å². The maximum atomic E-state index is 13.8. The lowest BCUT2D eigenvalue weighted by Gasteiger charge is -2.45. The Balaban J connectivity index is 1.79. The molecule has 0 fully saturated rings. The molecular weight excluding hydrogens is 508 g/mol. The van der Waals surface area contributed by atoms with E-state index in [0.717, 1.165) is 12.8 Å². The number of Topliss-reactive ketones (excluding diaryl/α,β-unsaturated/α-hetero) is 2. The number of amides is 2. The minimum atomic E-state index is -2.63. The van der Waals surface area contributed by atoms with Gasteiger partial charge in [-0.15, -0.1) is 0 Å². The Morgan fingerprint density at radius 2 is 1.87 bits per heavy atom. The van der Waals surface area contributed by atoms with Crippen molar-refractivity contribution in [3.05, 3.63) is 39.9 Å². The van der Waals surface area contributed by atoms with Gasteiger partial charge in [0.1, 0.15) is 17.1 Å². The molecule has 1 aromatic rings. The Bertz CT molecular complexity index is 1330. The summed E-state index contributed by atoms with van der Waals surface area (Å²) in [6.45, 7) is 2.66. The number of nitrogens with two attached hydrogens (primary N) is 1. The molecule has 0 radical (unpaired) electrons. The molecule has 0 bridgehead atoms. The number of benzene rings is 1. The Labute approximate surface area is 225 Å². The fourth-order valence-corrected chi connectivity index (χ4v) is 5.86. The third-order valence-electron chi connectivity index (χ3n) is 7.79. The zero-order chi connectivity index (χ0) is 28.8. The number of phenols is 1. The van der Waals surface area contributed by atoms with Crippen molar-refractivity contribution in [2.75, 3.05) is 37.4 Å². The third-order valence-corrected chi connectivity index (χ3v) is 7.79. The van der Waals surface area contributed by atoms with E-state index >= 15 is 0 Å². The van der Waals surface area contributed by atoms with Gasteiger partial charge in [0.15, 0.2) is 17.1 Å². The number of carbonyl (C=O) groups excluding carboxylic acids is 4. The molecule has 4 rings (SSSR count). The van der Waals surface area contributed by atoms with Gasteiger partial charge in [0.25, 0.3) is 5.91 Å². The summed E-state index contributed by atoms with van der Waals surface area (Å²) in [6.07, 6.45) is 1.77. The maximum absolute atomic E-state index is 13.8. The van der Waals surface area contributed by atoms with Crippen LogP contribution in [0, 0.1) is 11.8 Å². The lowest BCUT2D eigenvalue weighted by atomic mass is 9.60. The van der Waals surface area contributed by atoms with Crippen LogP contribution in [0.25, 0.3) is 0 Å². The summed E-state index contributed by atoms with van der Waals surface area (Å²) in [5.41, 5.74) is 2.39. The summed E-state index contributed by atoms with van der Waals surface area (Å²) in [4.78, 5) is 53.0. The average Bonchev–Trinajstić information content (AvgIpc) is 2.85. The second-order valence-corrected chi connectivity index (χ2v) is 10.5. The van der Waals surface area contributed by atoms with E-state index in [1.54, 1.807) is 25.1 Å². The highest BCUT2D eigenvalue weighted by Crippen LogP contribution is 2.53. The molecule has 12 heteroatoms. The number of phenolic OH excluding ortho intramolecular Hbond substituents is 1. The van der Waals surface area contributed by atoms with Gasteiger partial charge in [-0.25, -0.2) is 0 Å². The lowest BCUT2D eigenvalue weighted by Crippen LogP contribution is -2.57. The van der Waals surface area contributed by atoms with Gasteiger partial charge in [0.05, 0.1) is 17.8 Å². The number of primary amides is 1. The van der Waals surface area contributed by atoms with Crippen LogP contribution in [-0.4, -0.2) is 76.6 Å². The van der Waals surface area contributed by atoms with Crippen molar-refractivity contribution < 1.29 is 39.6 Å². The molecule has 2 amide bonds. The molecule has 210 valence electrons. The number of aromatic hydroxyl groups is 1. The number of aliphatic hydroxyl groups is 3. The van der Waals surface area contributed by atoms with Crippen molar-refractivity contribution in [1.82, 2.24) is 5.32 Å². The summed E-state index contributed by atoms with van der Waals surface area (Å²) >= 11 is 0. The number of hydrogen-bond acceptors (Lipinski definition) is 10. The maximum Gasteiger partial charge on any atom is 0.255 e. The van der Waals surface area contributed by atoms with Gasteiger partial charge < -0.3 is 41.7 Å². The first-order valence-corrected chi connectivity index (χ1v) is 12.9. The number of hydrogen-bond donors (Lipinski definition) is 7. The molecule has 1 unspecified atom stereocenters. The van der Waals surface area contributed by atoms with Gasteiger partial charge in [0, 0.05) is 37.7 Å². The highest BCUT2D eigenvalue weighted by atomic mass is 16.3. The van der Waals surface area contributed by atoms with Crippen LogP contribution in [0.1, 0.15) is 48.5 Å². The number of ketones is 2. The molecule has 12 nitrogen and oxygen atoms in total. The van der Waals surface area contributed by atoms with Crippen molar-refractivity contribution in [3.8, 4) is 5.75 Å². The van der Waals surface area contributed by atoms with Gasteiger partial charge in [0.2, 0.25) is 11.7 Å². The zero-order valence-electron chi connectivity index (χ0n) is 22.1. The Kier molecular flexibility index (Phi) is 7.46. The normalized spacial score (nSPS) is 24.2. The van der Waals surface area contributed by atoms with Gasteiger partial charge in [-0.2, -0.15) is 0 Å². The number of carbonyl (C=O) groups is 4. The minimum Gasteiger partial charge on any atom is -0.511 e. The van der Waals surface area contributed by atoms with E-state index in [2.05, 4.69) is 10.6 Å². The zero-order valence-corrected chi connectivity index (χ0v) is 22.1. The van der Waals surface area contributed by atoms with E-state index < -0.39 is 63.7 Å². The monoisotopic (exact) mass is 542 g/mol. The first-order valence-electron chi connectivity index (χ1n) is 12.9. The van der Waals surface area contributed by atoms with Gasteiger partial charge >= 0.3 is 0 Å². The third kappa shape index (κ3) is 4.53. The molecule has 0 heterocycles. The van der Waals surface area contributed by atoms with E-state index in [4.69, 9.17) is 5.73 Å². The van der Waals surface area contributed by atoms with Crippen LogP contribution in [0.3, 0.4) is 0 Å². The second-order valence-electron chi connectivity index (χ2n) is 10.5. The molecule has 3 aliphatic carbocycles. The number of rotatable bonds is 8. The van der Waals surface area contributed by atoms with Gasteiger partial charge in [-0.3, -0.25) is 19.2 Å². The molecule has 0 aromatic heterocycles. The van der Waals surface area contributed by atoms with E-state index in [9.17, 15) is 39.6 Å². The van der Waals surface area contributed by atoms with Crippen molar-refractivity contribution in [2.45, 2.75) is 44.6 Å². The van der Waals surface area contributed by atoms with E-state index in [-0.39, 0.29) is 42.6 Å². The quantitative estimate of drug-likeness (QED) is 0.141. The Morgan fingerprint density at radius 3 is 2.49 bits per heavy atom. The molecule has 3 atom stereocenters. The Morgan fingerprint density at radius 1 is 1.18 bits per heavy atom. The molecule has 0 spiro atoms. The number of aliphatic hydroxyl groups excluding tert-OH is 2. The highest BCUT2D eigenvalue weighted by Gasteiger charge is 2.59. The summed E-state index contributed by atoms with van der Waals surface area (Å²) in [5, 5.41) is 49.6. The molecular formula is C27H34N4O8. The predicted molar refractivity (Wildman–Crippen MR) is 142 cm³/mol. The molecule has 0 saturated carbocycles. The number of nitrogens with one attached hydrogen (secondary N) is 2. The fraction of sp³-hybridized carbons (Fsp3) is 0.481. The van der Waals surface area contributed by atoms with Gasteiger partial charge in [-0.05, 0) is 43.4 Å². The van der Waals surface area contributed by atoms with Crippen LogP contribution in [-0.2, 0) is 20.8 Å². The van der Waals surface area contributed by atoms with Crippen molar-refractivity contribution in [2.24, 2.45) is 17.6 Å². The molecule has 8 N–H and O–H groups in total. The smallest absolute Gasteiger partial charge is 0.255 e. The molecule has 0 aliphatic heterocycles. The van der Waals surface area contributed by atoms with Crippen LogP contribution in [0.2, 0.25) is 0 Å². The van der Waals surface area contributed by atoms with Crippen molar-refractivity contribution >= 4 is 34.8 Å². The molecule has 3 aliphatic rings. The van der Waals surface area contributed by atoms with Crippen LogP contribution in [0.15, 0.2) is 28.7 Å². The number of allylic oxidation sites excluding steroid dienone is 2. The number of anilines is 2. The number of unbranched alkanes of at least 4 members (excludes halogenated alkanes) is 1. The average molecular weight is 543 g/mol. The predicted octanol–water partition coefficient (Wildman–Crippen LogP) is 0.975. The van der Waals surface area contributed by atoms with Crippen LogP contribution < -0.4 is 21.3 Å². The fourth-order valence-electron chi connectivity index (χ4n) is 5.86. The standard InChI is InChI=1S/C27H34N4O8/c1-4-5-6-29-11-18(33)30-15-10-16(31(2)3)14-8-12-7-13-9-17(32)21(26(28)38)25(37)27(13,39)24(36)19(12)23(35)20(14)22(15)34/h10,12-13,29,32,34,36,39H,4-9,11H2,1-3H3,(H2,28,38)(H,30,33)/t12?,13-,27-/m0/s1. The summed E-state index contributed by atoms with van der Waals surface area (Å²) in [7, 11) is 3.48. The van der Waals surface area contributed by atoms with Crippen molar-refractivity contribution in [1.29, 1.82) is 0 Å². The molecule has 39 heavy (non-hydrogen) atoms. The topological polar surface area (TPSA) is 203 Å².